The van der Waals surface area contributed by atoms with Crippen molar-refractivity contribution in [3.63, 3.8) is 0 Å². The van der Waals surface area contributed by atoms with Crippen LogP contribution >= 0.6 is 0 Å². The maximum atomic E-state index is 11.5. The van der Waals surface area contributed by atoms with Gasteiger partial charge in [-0.1, -0.05) is 18.6 Å². The van der Waals surface area contributed by atoms with Gasteiger partial charge in [0.1, 0.15) is 0 Å². The van der Waals surface area contributed by atoms with Crippen molar-refractivity contribution in [1.82, 2.24) is 4.98 Å². The molecule has 3 heteroatoms. The van der Waals surface area contributed by atoms with Gasteiger partial charge in [-0.3, -0.25) is 9.78 Å². The molecule has 2 rings (SSSR count). The average Bonchev–Trinajstić information content (AvgIpc) is 2.67. The van der Waals surface area contributed by atoms with Gasteiger partial charge in [-0.2, -0.15) is 0 Å². The number of rotatable bonds is 4. The van der Waals surface area contributed by atoms with Crippen molar-refractivity contribution in [1.29, 1.82) is 0 Å². The van der Waals surface area contributed by atoms with Crippen molar-refractivity contribution >= 4 is 5.78 Å². The number of hydrogen-bond donors (Lipinski definition) is 0. The van der Waals surface area contributed by atoms with Crippen LogP contribution in [-0.2, 0) is 11.2 Å². The van der Waals surface area contributed by atoms with Crippen molar-refractivity contribution in [2.45, 2.75) is 32.6 Å². The number of Topliss-reactive ketones (excluding diaryl/α,β-unsaturated/α-hetero) is 1. The summed E-state index contributed by atoms with van der Waals surface area (Å²) < 4.78 is 5.41. The Bertz CT molecular complexity index is 434. The van der Waals surface area contributed by atoms with E-state index < -0.39 is 0 Å². The molecule has 1 aromatic rings. The van der Waals surface area contributed by atoms with Gasteiger partial charge in [0.15, 0.2) is 5.78 Å². The van der Waals surface area contributed by atoms with E-state index in [0.29, 0.717) is 12.0 Å². The number of nitrogens with zero attached hydrogens (tertiary/aromatic N) is 1. The molecule has 96 valence electrons. The molecule has 3 nitrogen and oxygen atoms in total. The minimum absolute atomic E-state index is 0.149. The van der Waals surface area contributed by atoms with E-state index in [1.165, 1.54) is 5.57 Å². The Morgan fingerprint density at radius 3 is 3.00 bits per heavy atom. The van der Waals surface area contributed by atoms with E-state index in [1.807, 2.05) is 19.1 Å². The molecule has 0 atom stereocenters. The quantitative estimate of drug-likeness (QED) is 0.604. The van der Waals surface area contributed by atoms with E-state index in [9.17, 15) is 4.79 Å². The molecule has 0 aromatic carbocycles. The molecule has 0 radical (unpaired) electrons. The maximum Gasteiger partial charge on any atom is 0.164 e. The molecule has 1 aliphatic rings. The lowest BCUT2D eigenvalue weighted by Crippen LogP contribution is -2.00. The van der Waals surface area contributed by atoms with Crippen LogP contribution in [0, 0.1) is 0 Å². The molecule has 0 bridgehead atoms. The first-order valence-electron chi connectivity index (χ1n) is 6.53. The molecule has 18 heavy (non-hydrogen) atoms. The molecule has 2 heterocycles. The van der Waals surface area contributed by atoms with E-state index >= 15 is 0 Å². The topological polar surface area (TPSA) is 39.2 Å². The maximum absolute atomic E-state index is 11.5. The van der Waals surface area contributed by atoms with Crippen LogP contribution in [0.1, 0.15) is 42.2 Å². The lowest BCUT2D eigenvalue weighted by atomic mass is 10.0. The smallest absolute Gasteiger partial charge is 0.164 e. The Morgan fingerprint density at radius 2 is 2.28 bits per heavy atom. The number of hydrogen-bond acceptors (Lipinski definition) is 3. The van der Waals surface area contributed by atoms with Crippen LogP contribution in [0.15, 0.2) is 30.0 Å². The lowest BCUT2D eigenvalue weighted by molar-refractivity contribution is 0.0988. The van der Waals surface area contributed by atoms with Crippen LogP contribution in [0.25, 0.3) is 0 Å². The second-order valence-corrected chi connectivity index (χ2v) is 4.51. The van der Waals surface area contributed by atoms with Crippen molar-refractivity contribution in [3.05, 3.63) is 41.2 Å². The van der Waals surface area contributed by atoms with Gasteiger partial charge in [0, 0.05) is 30.3 Å². The molecular weight excluding hydrogens is 226 g/mol. The van der Waals surface area contributed by atoms with Gasteiger partial charge in [-0.25, -0.2) is 0 Å². The standard InChI is InChI=1S/C15H19NO2/c1-2-15(17)13-5-6-14(16-11-13)10-12-4-3-8-18-9-7-12/h4-6,11H,2-3,7-10H2,1H3. The van der Waals surface area contributed by atoms with Crippen LogP contribution in [0.5, 0.6) is 0 Å². The summed E-state index contributed by atoms with van der Waals surface area (Å²) in [6, 6.07) is 3.83. The van der Waals surface area contributed by atoms with Crippen LogP contribution in [-0.4, -0.2) is 24.0 Å². The molecule has 0 aliphatic carbocycles. The normalized spacial score (nSPS) is 15.9. The van der Waals surface area contributed by atoms with Crippen LogP contribution < -0.4 is 0 Å². The Balaban J connectivity index is 2.01. The number of pyridine rings is 1. The summed E-state index contributed by atoms with van der Waals surface area (Å²) in [4.78, 5) is 15.9. The second kappa shape index (κ2) is 6.45. The Hall–Kier alpha value is -1.48. The zero-order chi connectivity index (χ0) is 12.8. The van der Waals surface area contributed by atoms with Crippen molar-refractivity contribution in [2.24, 2.45) is 0 Å². The molecule has 0 spiro atoms. The Kier molecular flexibility index (Phi) is 4.65. The van der Waals surface area contributed by atoms with Gasteiger partial charge < -0.3 is 4.74 Å². The van der Waals surface area contributed by atoms with Gasteiger partial charge in [0.25, 0.3) is 0 Å². The van der Waals surface area contributed by atoms with Crippen LogP contribution in [0.2, 0.25) is 0 Å². The molecule has 0 amide bonds. The minimum Gasteiger partial charge on any atom is -0.381 e. The summed E-state index contributed by atoms with van der Waals surface area (Å²) in [5, 5.41) is 0. The third-order valence-corrected chi connectivity index (χ3v) is 3.14. The average molecular weight is 245 g/mol. The van der Waals surface area contributed by atoms with E-state index in [-0.39, 0.29) is 5.78 Å². The number of aromatic nitrogens is 1. The monoisotopic (exact) mass is 245 g/mol. The minimum atomic E-state index is 0.149. The molecule has 1 aromatic heterocycles. The van der Waals surface area contributed by atoms with Gasteiger partial charge >= 0.3 is 0 Å². The predicted octanol–water partition coefficient (Wildman–Crippen LogP) is 2.95. The number of carbonyl (C=O) groups excluding carboxylic acids is 1. The molecule has 0 saturated heterocycles. The highest BCUT2D eigenvalue weighted by atomic mass is 16.5. The molecule has 0 unspecified atom stereocenters. The predicted molar refractivity (Wildman–Crippen MR) is 70.7 cm³/mol. The van der Waals surface area contributed by atoms with E-state index in [1.54, 1.807) is 6.20 Å². The van der Waals surface area contributed by atoms with Crippen LogP contribution in [0.4, 0.5) is 0 Å². The number of ether oxygens (including phenoxy) is 1. The van der Waals surface area contributed by atoms with E-state index in [2.05, 4.69) is 11.1 Å². The third-order valence-electron chi connectivity index (χ3n) is 3.14. The number of ketones is 1. The summed E-state index contributed by atoms with van der Waals surface area (Å²) in [7, 11) is 0. The fourth-order valence-electron chi connectivity index (χ4n) is 2.05. The van der Waals surface area contributed by atoms with Crippen molar-refractivity contribution < 1.29 is 9.53 Å². The lowest BCUT2D eigenvalue weighted by Gasteiger charge is -2.05. The highest BCUT2D eigenvalue weighted by molar-refractivity contribution is 5.95. The zero-order valence-corrected chi connectivity index (χ0v) is 10.8. The van der Waals surface area contributed by atoms with Crippen LogP contribution in [0.3, 0.4) is 0 Å². The fraction of sp³-hybridized carbons (Fsp3) is 0.467. The highest BCUT2D eigenvalue weighted by Gasteiger charge is 2.07. The fourth-order valence-corrected chi connectivity index (χ4v) is 2.05. The first kappa shape index (κ1) is 13.0. The first-order valence-corrected chi connectivity index (χ1v) is 6.53. The van der Waals surface area contributed by atoms with Gasteiger partial charge in [0.05, 0.1) is 13.2 Å². The van der Waals surface area contributed by atoms with Crippen molar-refractivity contribution in [2.75, 3.05) is 13.2 Å². The summed E-state index contributed by atoms with van der Waals surface area (Å²) in [5.41, 5.74) is 3.12. The van der Waals surface area contributed by atoms with E-state index in [0.717, 1.165) is 38.2 Å². The summed E-state index contributed by atoms with van der Waals surface area (Å²) in [6.07, 6.45) is 7.31. The Labute approximate surface area is 108 Å². The molecule has 0 N–H and O–H groups in total. The van der Waals surface area contributed by atoms with Gasteiger partial charge in [-0.15, -0.1) is 0 Å². The zero-order valence-electron chi connectivity index (χ0n) is 10.8. The van der Waals surface area contributed by atoms with Gasteiger partial charge in [0.2, 0.25) is 0 Å². The second-order valence-electron chi connectivity index (χ2n) is 4.51. The van der Waals surface area contributed by atoms with Gasteiger partial charge in [-0.05, 0) is 25.0 Å². The molecule has 0 fully saturated rings. The van der Waals surface area contributed by atoms with E-state index in [4.69, 9.17) is 4.74 Å². The number of carbonyl (C=O) groups is 1. The third kappa shape index (κ3) is 3.50. The summed E-state index contributed by atoms with van der Waals surface area (Å²) >= 11 is 0. The Morgan fingerprint density at radius 1 is 1.39 bits per heavy atom. The summed E-state index contributed by atoms with van der Waals surface area (Å²) in [5.74, 6) is 0.149. The molecule has 0 saturated carbocycles. The van der Waals surface area contributed by atoms with Crippen molar-refractivity contribution in [3.8, 4) is 0 Å². The SMILES string of the molecule is CCC(=O)c1ccc(CC2=CCCOCC2)nc1. The largest absolute Gasteiger partial charge is 0.381 e. The summed E-state index contributed by atoms with van der Waals surface area (Å²) in [6.45, 7) is 3.49. The first-order chi connectivity index (χ1) is 8.79. The highest BCUT2D eigenvalue weighted by Crippen LogP contribution is 2.14. The molecule has 1 aliphatic heterocycles. The molecular formula is C15H19NO2.